The lowest BCUT2D eigenvalue weighted by molar-refractivity contribution is -0.140. The minimum absolute atomic E-state index is 0.0155. The van der Waals surface area contributed by atoms with Crippen molar-refractivity contribution in [2.75, 3.05) is 40.5 Å². The summed E-state index contributed by atoms with van der Waals surface area (Å²) < 4.78 is 43.8. The van der Waals surface area contributed by atoms with Crippen LogP contribution in [0, 0.1) is 0 Å². The van der Waals surface area contributed by atoms with Gasteiger partial charge in [-0.2, -0.15) is 4.31 Å². The molecule has 1 aliphatic heterocycles. The first-order chi connectivity index (χ1) is 16.4. The van der Waals surface area contributed by atoms with Gasteiger partial charge in [-0.25, -0.2) is 8.42 Å². The quantitative estimate of drug-likeness (QED) is 0.394. The number of allylic oxidation sites excluding steroid dienone is 1. The first-order valence-electron chi connectivity index (χ1n) is 11.5. The molecule has 2 aliphatic rings. The summed E-state index contributed by atoms with van der Waals surface area (Å²) in [5.41, 5.74) is 1.30. The molecule has 1 aliphatic carbocycles. The number of amides is 2. The summed E-state index contributed by atoms with van der Waals surface area (Å²) in [7, 11) is -1.06. The first kappa shape index (κ1) is 26.0. The fraction of sp³-hybridized carbons (Fsp3) is 0.565. The number of ether oxygens (including phenoxy) is 3. The van der Waals surface area contributed by atoms with Crippen LogP contribution < -0.4 is 20.1 Å². The SMILES string of the molecule is COc1ccc(S(=O)(=O)N2CCCO[C@H]2CNC(=O)C(=O)NCCC2=CCCCC2)cc1OC. The molecule has 2 N–H and O–H groups in total. The molecule has 0 bridgehead atoms. The molecule has 1 fully saturated rings. The number of nitrogens with one attached hydrogen (secondary N) is 2. The molecule has 1 aromatic rings. The van der Waals surface area contributed by atoms with Crippen molar-refractivity contribution >= 4 is 21.8 Å². The van der Waals surface area contributed by atoms with Crippen molar-refractivity contribution < 1.29 is 32.2 Å². The molecule has 0 spiro atoms. The van der Waals surface area contributed by atoms with Gasteiger partial charge in [0, 0.05) is 19.2 Å². The number of hydrogen-bond acceptors (Lipinski definition) is 7. The average Bonchev–Trinajstić information content (AvgIpc) is 2.87. The standard InChI is InChI=1S/C23H33N3O7S/c1-31-19-10-9-18(15-20(19)32-2)34(29,30)26-13-6-14-33-21(26)16-25-23(28)22(27)24-12-11-17-7-4-3-5-8-17/h7,9-10,15,21H,3-6,8,11-14,16H2,1-2H3,(H,24,27)(H,25,28)/t21-/m0/s1. The van der Waals surface area contributed by atoms with Gasteiger partial charge in [0.2, 0.25) is 10.0 Å². The normalized spacial score (nSPS) is 19.1. The number of sulfonamides is 1. The van der Waals surface area contributed by atoms with Gasteiger partial charge in [0.1, 0.15) is 6.23 Å². The Morgan fingerprint density at radius 3 is 2.56 bits per heavy atom. The molecule has 34 heavy (non-hydrogen) atoms. The summed E-state index contributed by atoms with van der Waals surface area (Å²) in [6, 6.07) is 4.32. The highest BCUT2D eigenvalue weighted by atomic mass is 32.2. The molecular weight excluding hydrogens is 462 g/mol. The molecule has 1 saturated heterocycles. The minimum Gasteiger partial charge on any atom is -0.493 e. The number of nitrogens with zero attached hydrogens (tertiary/aromatic N) is 1. The second-order valence-electron chi connectivity index (χ2n) is 8.14. The fourth-order valence-electron chi connectivity index (χ4n) is 4.02. The number of benzene rings is 1. The summed E-state index contributed by atoms with van der Waals surface area (Å²) in [6.07, 6.45) is 6.94. The van der Waals surface area contributed by atoms with E-state index in [1.54, 1.807) is 0 Å². The summed E-state index contributed by atoms with van der Waals surface area (Å²) in [4.78, 5) is 24.4. The molecule has 0 radical (unpaired) electrons. The van der Waals surface area contributed by atoms with Gasteiger partial charge in [0.05, 0.1) is 32.3 Å². The Hall–Kier alpha value is -2.63. The van der Waals surface area contributed by atoms with Gasteiger partial charge in [0.25, 0.3) is 0 Å². The zero-order valence-corrected chi connectivity index (χ0v) is 20.5. The maximum Gasteiger partial charge on any atom is 0.309 e. The van der Waals surface area contributed by atoms with Crippen molar-refractivity contribution in [1.82, 2.24) is 14.9 Å². The van der Waals surface area contributed by atoms with Gasteiger partial charge in [-0.05, 0) is 50.7 Å². The van der Waals surface area contributed by atoms with Gasteiger partial charge < -0.3 is 24.8 Å². The second kappa shape index (κ2) is 12.2. The first-order valence-corrected chi connectivity index (χ1v) is 12.9. The van der Waals surface area contributed by atoms with Gasteiger partial charge in [-0.15, -0.1) is 0 Å². The highest BCUT2D eigenvalue weighted by molar-refractivity contribution is 7.89. The molecule has 0 aromatic heterocycles. The van der Waals surface area contributed by atoms with Crippen molar-refractivity contribution in [2.45, 2.75) is 49.6 Å². The van der Waals surface area contributed by atoms with Crippen molar-refractivity contribution in [3.8, 4) is 11.5 Å². The van der Waals surface area contributed by atoms with Gasteiger partial charge >= 0.3 is 11.8 Å². The van der Waals surface area contributed by atoms with E-state index >= 15 is 0 Å². The zero-order chi connectivity index (χ0) is 24.6. The number of carbonyl (C=O) groups is 2. The molecule has 3 rings (SSSR count). The lowest BCUT2D eigenvalue weighted by Crippen LogP contribution is -2.53. The van der Waals surface area contributed by atoms with Crippen LogP contribution in [0.3, 0.4) is 0 Å². The van der Waals surface area contributed by atoms with Crippen LogP contribution in [0.4, 0.5) is 0 Å². The van der Waals surface area contributed by atoms with E-state index < -0.39 is 28.1 Å². The van der Waals surface area contributed by atoms with Crippen molar-refractivity contribution in [2.24, 2.45) is 0 Å². The smallest absolute Gasteiger partial charge is 0.309 e. The van der Waals surface area contributed by atoms with E-state index in [0.717, 1.165) is 25.7 Å². The monoisotopic (exact) mass is 495 g/mol. The zero-order valence-electron chi connectivity index (χ0n) is 19.7. The third-order valence-electron chi connectivity index (χ3n) is 5.88. The molecule has 1 aromatic carbocycles. The van der Waals surface area contributed by atoms with Crippen LogP contribution in [0.2, 0.25) is 0 Å². The predicted octanol–water partition coefficient (Wildman–Crippen LogP) is 1.56. The van der Waals surface area contributed by atoms with Crippen molar-refractivity contribution in [3.05, 3.63) is 29.8 Å². The minimum atomic E-state index is -3.95. The van der Waals surface area contributed by atoms with E-state index in [4.69, 9.17) is 14.2 Å². The third-order valence-corrected chi connectivity index (χ3v) is 7.76. The van der Waals surface area contributed by atoms with Gasteiger partial charge in [-0.3, -0.25) is 9.59 Å². The van der Waals surface area contributed by atoms with E-state index in [1.165, 1.54) is 48.7 Å². The van der Waals surface area contributed by atoms with Crippen LogP contribution in [0.15, 0.2) is 34.7 Å². The maximum atomic E-state index is 13.3. The van der Waals surface area contributed by atoms with Crippen LogP contribution in [0.5, 0.6) is 11.5 Å². The van der Waals surface area contributed by atoms with E-state index in [1.807, 2.05) is 0 Å². The number of rotatable bonds is 9. The lowest BCUT2D eigenvalue weighted by Gasteiger charge is -2.34. The van der Waals surface area contributed by atoms with Crippen LogP contribution in [0.1, 0.15) is 38.5 Å². The molecule has 10 nitrogen and oxygen atoms in total. The maximum absolute atomic E-state index is 13.3. The Morgan fingerprint density at radius 1 is 1.09 bits per heavy atom. The lowest BCUT2D eigenvalue weighted by atomic mass is 9.97. The highest BCUT2D eigenvalue weighted by Gasteiger charge is 2.35. The Labute approximate surface area is 200 Å². The van der Waals surface area contributed by atoms with Crippen LogP contribution in [-0.4, -0.2) is 71.2 Å². The molecule has 1 heterocycles. The summed E-state index contributed by atoms with van der Waals surface area (Å²) in [5, 5.41) is 5.11. The van der Waals surface area contributed by atoms with E-state index in [9.17, 15) is 18.0 Å². The van der Waals surface area contributed by atoms with Gasteiger partial charge in [0.15, 0.2) is 11.5 Å². The number of methoxy groups -OCH3 is 2. The largest absolute Gasteiger partial charge is 0.493 e. The Kier molecular flexibility index (Phi) is 9.31. The molecule has 188 valence electrons. The number of hydrogen-bond donors (Lipinski definition) is 2. The third kappa shape index (κ3) is 6.49. The molecule has 0 unspecified atom stereocenters. The Morgan fingerprint density at radius 2 is 1.85 bits per heavy atom. The van der Waals surface area contributed by atoms with Crippen molar-refractivity contribution in [3.63, 3.8) is 0 Å². The van der Waals surface area contributed by atoms with E-state index in [0.29, 0.717) is 25.3 Å². The van der Waals surface area contributed by atoms with Crippen molar-refractivity contribution in [1.29, 1.82) is 0 Å². The molecule has 2 amide bonds. The van der Waals surface area contributed by atoms with Crippen LogP contribution in [0.25, 0.3) is 0 Å². The Balaban J connectivity index is 1.58. The highest BCUT2D eigenvalue weighted by Crippen LogP contribution is 2.31. The predicted molar refractivity (Wildman–Crippen MR) is 125 cm³/mol. The van der Waals surface area contributed by atoms with Crippen LogP contribution >= 0.6 is 0 Å². The molecule has 0 saturated carbocycles. The second-order valence-corrected chi connectivity index (χ2v) is 10.0. The molecule has 1 atom stereocenters. The number of carbonyl (C=O) groups excluding carboxylic acids is 2. The summed E-state index contributed by atoms with van der Waals surface area (Å²) >= 11 is 0. The molecular formula is C23H33N3O7S. The van der Waals surface area contributed by atoms with E-state index in [-0.39, 0.29) is 23.7 Å². The fourth-order valence-corrected chi connectivity index (χ4v) is 5.61. The Bertz CT molecular complexity index is 1010. The summed E-state index contributed by atoms with van der Waals surface area (Å²) in [5.74, 6) is -0.880. The topological polar surface area (TPSA) is 123 Å². The van der Waals surface area contributed by atoms with Crippen LogP contribution in [-0.2, 0) is 24.3 Å². The average molecular weight is 496 g/mol. The molecule has 11 heteroatoms. The van der Waals surface area contributed by atoms with Gasteiger partial charge in [-0.1, -0.05) is 11.6 Å². The summed E-state index contributed by atoms with van der Waals surface area (Å²) in [6.45, 7) is 0.806. The van der Waals surface area contributed by atoms with E-state index in [2.05, 4.69) is 16.7 Å².